The lowest BCUT2D eigenvalue weighted by Gasteiger charge is -2.58. The summed E-state index contributed by atoms with van der Waals surface area (Å²) in [5.74, 6) is 5.46. The van der Waals surface area contributed by atoms with Gasteiger partial charge < -0.3 is 5.11 Å². The van der Waals surface area contributed by atoms with E-state index in [0.29, 0.717) is 10.8 Å². The molecule has 0 aromatic carbocycles. The van der Waals surface area contributed by atoms with Crippen molar-refractivity contribution in [3.8, 4) is 0 Å². The number of aliphatic hydroxyl groups is 1. The Morgan fingerprint density at radius 2 is 1.79 bits per heavy atom. The van der Waals surface area contributed by atoms with Crippen molar-refractivity contribution in [3.63, 3.8) is 0 Å². The summed E-state index contributed by atoms with van der Waals surface area (Å²) in [6.07, 6.45) is 17.2. The van der Waals surface area contributed by atoms with Crippen LogP contribution < -0.4 is 0 Å². The third kappa shape index (κ3) is 3.42. The first kappa shape index (κ1) is 21.0. The number of allylic oxidation sites excluding steroid dienone is 1. The second-order valence-corrected chi connectivity index (χ2v) is 12.2. The molecule has 0 aromatic rings. The summed E-state index contributed by atoms with van der Waals surface area (Å²) >= 11 is 0. The fourth-order valence-electron chi connectivity index (χ4n) is 8.67. The van der Waals surface area contributed by atoms with E-state index < -0.39 is 0 Å². The van der Waals surface area contributed by atoms with Crippen molar-refractivity contribution in [1.29, 1.82) is 0 Å². The number of fused-ring (bicyclic) bond motifs is 5. The molecule has 0 radical (unpaired) electrons. The van der Waals surface area contributed by atoms with Gasteiger partial charge in [-0.05, 0) is 97.7 Å². The Bertz CT molecular complexity index is 591. The average Bonchev–Trinajstić information content (AvgIpc) is 2.99. The van der Waals surface area contributed by atoms with Crippen LogP contribution in [0.25, 0.3) is 0 Å². The monoisotopic (exact) mass is 391 g/mol. The van der Waals surface area contributed by atoms with Crippen molar-refractivity contribution in [1.82, 2.24) is 0 Å². The minimum Gasteiger partial charge on any atom is -0.393 e. The van der Waals surface area contributed by atoms with Gasteiger partial charge in [0.05, 0.1) is 6.10 Å². The van der Waals surface area contributed by atoms with Gasteiger partial charge in [-0.25, -0.2) is 0 Å². The second-order valence-electron chi connectivity index (χ2n) is 12.2. The molecule has 4 aliphatic rings. The van der Waals surface area contributed by atoms with E-state index in [4.69, 9.17) is 0 Å². The largest absolute Gasteiger partial charge is 0.393 e. The molecule has 0 bridgehead atoms. The Morgan fingerprint density at radius 3 is 2.54 bits per heavy atom. The van der Waals surface area contributed by atoms with E-state index in [9.17, 15) is 5.11 Å². The number of rotatable bonds is 5. The van der Waals surface area contributed by atoms with Crippen LogP contribution in [0.5, 0.6) is 0 Å². The lowest BCUT2D eigenvalue weighted by atomic mass is 9.47. The highest BCUT2D eigenvalue weighted by molar-refractivity contribution is 5.25. The number of aliphatic hydroxyl groups excluding tert-OH is 1. The standard InChI is InChI=1S/C27H46O/c1-18(2)7-6-8-19(3)23-11-12-24-22-10-9-20-17-21(28)13-15-26(20,4)25(22)14-16-27(23,24)5/h9,18-19,21-25,28H,6-8,10-17H2,1-5H3/t19-,21+,22+,23-,24+,25+,26+,27-/m1/s1/i1+1,2+1,6+1,7+1,18+1. The maximum atomic E-state index is 10.2. The molecule has 4 rings (SSSR count). The van der Waals surface area contributed by atoms with Gasteiger partial charge in [-0.3, -0.25) is 0 Å². The van der Waals surface area contributed by atoms with E-state index in [2.05, 4.69) is 40.7 Å². The van der Waals surface area contributed by atoms with Crippen LogP contribution in [0.4, 0.5) is 0 Å². The highest BCUT2D eigenvalue weighted by Gasteiger charge is 2.59. The Morgan fingerprint density at radius 1 is 1.00 bits per heavy atom. The maximum absolute atomic E-state index is 10.2. The summed E-state index contributed by atoms with van der Waals surface area (Å²) in [5, 5.41) is 10.2. The highest BCUT2D eigenvalue weighted by atomic mass is 16.3. The van der Waals surface area contributed by atoms with Gasteiger partial charge in [-0.15, -0.1) is 0 Å². The smallest absolute Gasteiger partial charge is 0.0577 e. The van der Waals surface area contributed by atoms with E-state index in [1.165, 1.54) is 57.8 Å². The van der Waals surface area contributed by atoms with Crippen molar-refractivity contribution in [2.24, 2.45) is 46.3 Å². The molecule has 1 N–H and O–H groups in total. The molecule has 1 heteroatoms. The van der Waals surface area contributed by atoms with Crippen LogP contribution in [0.2, 0.25) is 0 Å². The van der Waals surface area contributed by atoms with Gasteiger partial charge >= 0.3 is 0 Å². The summed E-state index contributed by atoms with van der Waals surface area (Å²) in [7, 11) is 0. The molecule has 0 spiro atoms. The van der Waals surface area contributed by atoms with Crippen LogP contribution in [0.15, 0.2) is 11.6 Å². The van der Waals surface area contributed by atoms with Gasteiger partial charge in [0.15, 0.2) is 0 Å². The quantitative estimate of drug-likeness (QED) is 0.382. The van der Waals surface area contributed by atoms with Crippen molar-refractivity contribution in [2.45, 2.75) is 111 Å². The third-order valence-corrected chi connectivity index (χ3v) is 10.3. The minimum absolute atomic E-state index is 0.0766. The fraction of sp³-hybridized carbons (Fsp3) is 0.926. The topological polar surface area (TPSA) is 20.2 Å². The number of hydrogen-bond donors (Lipinski definition) is 1. The van der Waals surface area contributed by atoms with Crippen molar-refractivity contribution in [2.75, 3.05) is 0 Å². The summed E-state index contributed by atoms with van der Waals surface area (Å²) in [4.78, 5) is 0. The summed E-state index contributed by atoms with van der Waals surface area (Å²) in [5.41, 5.74) is 2.60. The average molecular weight is 392 g/mol. The minimum atomic E-state index is -0.0766. The van der Waals surface area contributed by atoms with E-state index in [0.717, 1.165) is 48.3 Å². The molecule has 1 nitrogen and oxygen atoms in total. The Balaban J connectivity index is 1.49. The van der Waals surface area contributed by atoms with Crippen LogP contribution in [0.1, 0.15) is 105 Å². The fourth-order valence-corrected chi connectivity index (χ4v) is 8.67. The Labute approximate surface area is 174 Å². The molecular formula is C27H46O. The second kappa shape index (κ2) is 7.75. The summed E-state index contributed by atoms with van der Waals surface area (Å²) in [6, 6.07) is 0. The molecule has 4 aliphatic carbocycles. The van der Waals surface area contributed by atoms with E-state index in [1.807, 2.05) is 0 Å². The van der Waals surface area contributed by atoms with Crippen LogP contribution in [0.3, 0.4) is 0 Å². The molecule has 0 amide bonds. The van der Waals surface area contributed by atoms with Crippen LogP contribution in [0, 0.1) is 46.3 Å². The normalized spacial score (nSPS) is 46.5. The zero-order valence-corrected chi connectivity index (χ0v) is 19.3. The third-order valence-electron chi connectivity index (χ3n) is 10.3. The molecule has 0 saturated heterocycles. The molecule has 0 heterocycles. The predicted octanol–water partition coefficient (Wildman–Crippen LogP) is 7.39. The van der Waals surface area contributed by atoms with Gasteiger partial charge in [-0.1, -0.05) is 65.5 Å². The van der Waals surface area contributed by atoms with E-state index in [-0.39, 0.29) is 6.10 Å². The Hall–Kier alpha value is -0.300. The molecule has 0 aromatic heterocycles. The van der Waals surface area contributed by atoms with Gasteiger partial charge in [0, 0.05) is 0 Å². The molecule has 3 fully saturated rings. The lowest BCUT2D eigenvalue weighted by Crippen LogP contribution is -2.50. The van der Waals surface area contributed by atoms with E-state index >= 15 is 0 Å². The first-order valence-corrected chi connectivity index (χ1v) is 12.6. The first-order chi connectivity index (χ1) is 13.3. The SMILES string of the molecule is C[C@H](C[13CH2][13CH2][13CH]([13CH3])[13CH3])[C@H]1CC[C@H]2[C@@H]3CC=C4C[C@@H](O)CC[C@]4(C)[C@H]3CC[C@]12C. The van der Waals surface area contributed by atoms with Gasteiger partial charge in [-0.2, -0.15) is 0 Å². The number of hydrogen-bond acceptors (Lipinski definition) is 1. The van der Waals surface area contributed by atoms with Gasteiger partial charge in [0.1, 0.15) is 0 Å². The van der Waals surface area contributed by atoms with E-state index in [1.54, 1.807) is 5.57 Å². The van der Waals surface area contributed by atoms with Crippen LogP contribution >= 0.6 is 0 Å². The Kier molecular flexibility index (Phi) is 5.80. The van der Waals surface area contributed by atoms with Gasteiger partial charge in [0.25, 0.3) is 0 Å². The van der Waals surface area contributed by atoms with Crippen LogP contribution in [-0.2, 0) is 0 Å². The molecule has 28 heavy (non-hydrogen) atoms. The predicted molar refractivity (Wildman–Crippen MR) is 119 cm³/mol. The van der Waals surface area contributed by atoms with Crippen molar-refractivity contribution in [3.05, 3.63) is 11.6 Å². The van der Waals surface area contributed by atoms with Gasteiger partial charge in [0.2, 0.25) is 0 Å². The summed E-state index contributed by atoms with van der Waals surface area (Å²) in [6.45, 7) is 12.6. The summed E-state index contributed by atoms with van der Waals surface area (Å²) < 4.78 is 0. The first-order valence-electron chi connectivity index (χ1n) is 12.6. The van der Waals surface area contributed by atoms with Crippen molar-refractivity contribution >= 4 is 0 Å². The molecule has 8 atom stereocenters. The zero-order valence-electron chi connectivity index (χ0n) is 19.3. The molecular weight excluding hydrogens is 345 g/mol. The zero-order chi connectivity index (χ0) is 20.1. The molecule has 160 valence electrons. The maximum Gasteiger partial charge on any atom is 0.0577 e. The molecule has 0 unspecified atom stereocenters. The molecule has 3 saturated carbocycles. The van der Waals surface area contributed by atoms with Crippen LogP contribution in [-0.4, -0.2) is 11.2 Å². The lowest BCUT2D eigenvalue weighted by molar-refractivity contribution is -0.0573. The molecule has 0 aliphatic heterocycles. The highest BCUT2D eigenvalue weighted by Crippen LogP contribution is 2.67. The van der Waals surface area contributed by atoms with Crippen molar-refractivity contribution < 1.29 is 5.11 Å².